The van der Waals surface area contributed by atoms with Crippen LogP contribution in [0.1, 0.15) is 18.1 Å². The summed E-state index contributed by atoms with van der Waals surface area (Å²) in [6.45, 7) is 3.67. The van der Waals surface area contributed by atoms with Gasteiger partial charge in [0, 0.05) is 12.7 Å². The van der Waals surface area contributed by atoms with Gasteiger partial charge in [-0.15, -0.1) is 0 Å². The van der Waals surface area contributed by atoms with E-state index < -0.39 is 0 Å². The van der Waals surface area contributed by atoms with Gasteiger partial charge in [-0.2, -0.15) is 0 Å². The van der Waals surface area contributed by atoms with E-state index in [4.69, 9.17) is 0 Å². The Labute approximate surface area is 89.2 Å². The van der Waals surface area contributed by atoms with Crippen LogP contribution in [0.15, 0.2) is 30.3 Å². The molecule has 0 saturated heterocycles. The van der Waals surface area contributed by atoms with Gasteiger partial charge in [-0.3, -0.25) is 4.79 Å². The average Bonchev–Trinajstić information content (AvgIpc) is 2.15. The highest BCUT2D eigenvalue weighted by atomic mass is 32.2. The predicted molar refractivity (Wildman–Crippen MR) is 63.4 cm³/mol. The first-order valence-electron chi connectivity index (χ1n) is 4.55. The second-order valence-electron chi connectivity index (χ2n) is 3.06. The summed E-state index contributed by atoms with van der Waals surface area (Å²) in [5.74, 6) is 0.754. The highest BCUT2D eigenvalue weighted by Crippen LogP contribution is 2.10. The number of benzene rings is 1. The van der Waals surface area contributed by atoms with Gasteiger partial charge in [0.1, 0.15) is 0 Å². The van der Waals surface area contributed by atoms with E-state index >= 15 is 0 Å². The Bertz CT molecular complexity index is 342. The standard InChI is InChI=1S/C12H14OS/c1-10-6-3-4-7-12(10)8-5-9-14-11(2)13/h3-8H,9H2,1-2H3. The molecule has 0 N–H and O–H groups in total. The topological polar surface area (TPSA) is 17.1 Å². The zero-order chi connectivity index (χ0) is 10.4. The summed E-state index contributed by atoms with van der Waals surface area (Å²) in [5.41, 5.74) is 2.48. The van der Waals surface area contributed by atoms with Crippen LogP contribution in [0.5, 0.6) is 0 Å². The molecule has 0 spiro atoms. The van der Waals surface area contributed by atoms with Crippen molar-refractivity contribution in [3.63, 3.8) is 0 Å². The molecule has 1 nitrogen and oxygen atoms in total. The van der Waals surface area contributed by atoms with Crippen molar-refractivity contribution in [2.24, 2.45) is 0 Å². The van der Waals surface area contributed by atoms with Crippen LogP contribution < -0.4 is 0 Å². The molecule has 0 radical (unpaired) electrons. The molecule has 14 heavy (non-hydrogen) atoms. The Morgan fingerprint density at radius 1 is 1.43 bits per heavy atom. The molecule has 0 saturated carbocycles. The molecule has 0 aliphatic carbocycles. The van der Waals surface area contributed by atoms with Gasteiger partial charge in [0.15, 0.2) is 5.12 Å². The van der Waals surface area contributed by atoms with Crippen LogP contribution in [0.3, 0.4) is 0 Å². The molecule has 1 aromatic carbocycles. The van der Waals surface area contributed by atoms with Crippen LogP contribution in [0.4, 0.5) is 0 Å². The third-order valence-corrected chi connectivity index (χ3v) is 2.63. The van der Waals surface area contributed by atoms with E-state index in [2.05, 4.69) is 25.1 Å². The van der Waals surface area contributed by atoms with Crippen molar-refractivity contribution < 1.29 is 4.79 Å². The Kier molecular flexibility index (Phi) is 4.47. The molecule has 0 fully saturated rings. The van der Waals surface area contributed by atoms with Crippen molar-refractivity contribution in [1.29, 1.82) is 0 Å². The number of thioether (sulfide) groups is 1. The average molecular weight is 206 g/mol. The minimum Gasteiger partial charge on any atom is -0.288 e. The lowest BCUT2D eigenvalue weighted by atomic mass is 10.1. The molecule has 0 aliphatic heterocycles. The summed E-state index contributed by atoms with van der Waals surface area (Å²) in [6, 6.07) is 8.20. The van der Waals surface area contributed by atoms with Crippen LogP contribution in [-0.2, 0) is 4.79 Å². The maximum Gasteiger partial charge on any atom is 0.186 e. The van der Waals surface area contributed by atoms with Gasteiger partial charge in [-0.05, 0) is 18.1 Å². The SMILES string of the molecule is CC(=O)SCC=Cc1ccccc1C. The van der Waals surface area contributed by atoms with Gasteiger partial charge >= 0.3 is 0 Å². The lowest BCUT2D eigenvalue weighted by Crippen LogP contribution is -1.82. The van der Waals surface area contributed by atoms with Crippen molar-refractivity contribution in [1.82, 2.24) is 0 Å². The predicted octanol–water partition coefficient (Wildman–Crippen LogP) is 3.29. The van der Waals surface area contributed by atoms with Crippen molar-refractivity contribution in [2.45, 2.75) is 13.8 Å². The lowest BCUT2D eigenvalue weighted by Gasteiger charge is -1.97. The summed E-state index contributed by atoms with van der Waals surface area (Å²) in [7, 11) is 0. The summed E-state index contributed by atoms with van der Waals surface area (Å²) < 4.78 is 0. The first-order valence-corrected chi connectivity index (χ1v) is 5.54. The molecule has 1 aromatic rings. The Morgan fingerprint density at radius 2 is 2.14 bits per heavy atom. The summed E-state index contributed by atoms with van der Waals surface area (Å²) in [4.78, 5) is 10.7. The highest BCUT2D eigenvalue weighted by Gasteiger charge is 1.92. The molecule has 74 valence electrons. The van der Waals surface area contributed by atoms with Crippen LogP contribution in [0, 0.1) is 6.92 Å². The number of hydrogen-bond acceptors (Lipinski definition) is 2. The maximum absolute atomic E-state index is 10.7. The van der Waals surface area contributed by atoms with E-state index in [9.17, 15) is 4.79 Å². The minimum atomic E-state index is 0.166. The summed E-state index contributed by atoms with van der Waals surface area (Å²) in [5, 5.41) is 0.166. The molecule has 0 amide bonds. The van der Waals surface area contributed by atoms with Crippen LogP contribution in [0.2, 0.25) is 0 Å². The molecule has 1 rings (SSSR count). The fraction of sp³-hybridized carbons (Fsp3) is 0.250. The molecule has 0 heterocycles. The quantitative estimate of drug-likeness (QED) is 0.755. The largest absolute Gasteiger partial charge is 0.288 e. The van der Waals surface area contributed by atoms with E-state index in [1.165, 1.54) is 22.9 Å². The first-order chi connectivity index (χ1) is 6.70. The highest BCUT2D eigenvalue weighted by molar-refractivity contribution is 8.13. The molecule has 0 bridgehead atoms. The van der Waals surface area contributed by atoms with E-state index in [1.54, 1.807) is 6.92 Å². The number of aryl methyl sites for hydroxylation is 1. The van der Waals surface area contributed by atoms with Crippen LogP contribution in [-0.4, -0.2) is 10.9 Å². The maximum atomic E-state index is 10.7. The number of carbonyl (C=O) groups excluding carboxylic acids is 1. The van der Waals surface area contributed by atoms with Gasteiger partial charge in [0.05, 0.1) is 0 Å². The van der Waals surface area contributed by atoms with E-state index in [0.29, 0.717) is 0 Å². The van der Waals surface area contributed by atoms with E-state index in [0.717, 1.165) is 5.75 Å². The lowest BCUT2D eigenvalue weighted by molar-refractivity contribution is -0.109. The Morgan fingerprint density at radius 3 is 2.79 bits per heavy atom. The van der Waals surface area contributed by atoms with Crippen molar-refractivity contribution in [3.05, 3.63) is 41.5 Å². The third kappa shape index (κ3) is 3.79. The van der Waals surface area contributed by atoms with Crippen molar-refractivity contribution >= 4 is 23.0 Å². The number of rotatable bonds is 3. The van der Waals surface area contributed by atoms with Crippen molar-refractivity contribution in [2.75, 3.05) is 5.75 Å². The fourth-order valence-electron chi connectivity index (χ4n) is 1.11. The molecular formula is C12H14OS. The van der Waals surface area contributed by atoms with Crippen LogP contribution in [0.25, 0.3) is 6.08 Å². The van der Waals surface area contributed by atoms with Crippen LogP contribution >= 0.6 is 11.8 Å². The smallest absolute Gasteiger partial charge is 0.186 e. The van der Waals surface area contributed by atoms with Gasteiger partial charge in [0.2, 0.25) is 0 Å². The monoisotopic (exact) mass is 206 g/mol. The third-order valence-electron chi connectivity index (χ3n) is 1.87. The van der Waals surface area contributed by atoms with Gasteiger partial charge in [-0.25, -0.2) is 0 Å². The molecule has 0 aromatic heterocycles. The zero-order valence-corrected chi connectivity index (χ0v) is 9.30. The minimum absolute atomic E-state index is 0.166. The van der Waals surface area contributed by atoms with E-state index in [-0.39, 0.29) is 5.12 Å². The van der Waals surface area contributed by atoms with Gasteiger partial charge in [-0.1, -0.05) is 48.2 Å². The fourth-order valence-corrected chi connectivity index (χ4v) is 1.54. The van der Waals surface area contributed by atoms with Crippen molar-refractivity contribution in [3.8, 4) is 0 Å². The second kappa shape index (κ2) is 5.66. The molecule has 2 heteroatoms. The van der Waals surface area contributed by atoms with Gasteiger partial charge in [0.25, 0.3) is 0 Å². The zero-order valence-electron chi connectivity index (χ0n) is 8.49. The molecule has 0 aliphatic rings. The normalized spacial score (nSPS) is 10.7. The summed E-state index contributed by atoms with van der Waals surface area (Å²) >= 11 is 1.33. The molecular weight excluding hydrogens is 192 g/mol. The van der Waals surface area contributed by atoms with Gasteiger partial charge < -0.3 is 0 Å². The Balaban J connectivity index is 2.52. The second-order valence-corrected chi connectivity index (χ2v) is 4.26. The van der Waals surface area contributed by atoms with E-state index in [1.807, 2.05) is 18.2 Å². The number of carbonyl (C=O) groups is 1. The summed E-state index contributed by atoms with van der Waals surface area (Å²) in [6.07, 6.45) is 4.08. The molecule has 0 unspecified atom stereocenters. The molecule has 0 atom stereocenters. The first kappa shape index (κ1) is 11.1. The number of hydrogen-bond donors (Lipinski definition) is 0. The Hall–Kier alpha value is -1.02.